The third kappa shape index (κ3) is 2.98. The zero-order valence-corrected chi connectivity index (χ0v) is 5.45. The van der Waals surface area contributed by atoms with E-state index >= 15 is 0 Å². The van der Waals surface area contributed by atoms with E-state index in [0.717, 1.165) is 0 Å². The number of rotatable bonds is 3. The first-order valence-electron chi connectivity index (χ1n) is 2.32. The van der Waals surface area contributed by atoms with Crippen LogP contribution in [0, 0.1) is 6.92 Å². The highest BCUT2D eigenvalue weighted by Crippen LogP contribution is 1.84. The molecule has 0 atom stereocenters. The highest BCUT2D eigenvalue weighted by atomic mass is 32.2. The van der Waals surface area contributed by atoms with E-state index in [9.17, 15) is 8.42 Å². The highest BCUT2D eigenvalue weighted by molar-refractivity contribution is 7.91. The monoisotopic (exact) mass is 136 g/mol. The van der Waals surface area contributed by atoms with Gasteiger partial charge in [0.15, 0.2) is 9.84 Å². The molecule has 0 aromatic heterocycles. The molecule has 0 heterocycles. The Morgan fingerprint density at radius 2 is 2.00 bits per heavy atom. The van der Waals surface area contributed by atoms with Gasteiger partial charge in [-0.05, 0) is 6.92 Å². The Bertz CT molecular complexity index is 138. The van der Waals surface area contributed by atoms with Crippen LogP contribution in [0.1, 0.15) is 0 Å². The summed E-state index contributed by atoms with van der Waals surface area (Å²) in [4.78, 5) is 0. The van der Waals surface area contributed by atoms with Gasteiger partial charge >= 0.3 is 0 Å². The van der Waals surface area contributed by atoms with Gasteiger partial charge < -0.3 is 5.73 Å². The maximum atomic E-state index is 10.5. The smallest absolute Gasteiger partial charge is 0.151 e. The molecule has 0 amide bonds. The second kappa shape index (κ2) is 3.04. The molecule has 0 saturated heterocycles. The standard InChI is InChI=1S/C4H10NO2S/c1-2-8(6,7)4-3-5/h1-5H2. The third-order valence-corrected chi connectivity index (χ3v) is 2.22. The van der Waals surface area contributed by atoms with Gasteiger partial charge in [-0.1, -0.05) is 0 Å². The molecule has 0 rings (SSSR count). The maximum Gasteiger partial charge on any atom is 0.151 e. The molecule has 2 N–H and O–H groups in total. The Balaban J connectivity index is 3.76. The Kier molecular flexibility index (Phi) is 3.01. The molecule has 4 heteroatoms. The first-order chi connectivity index (χ1) is 3.62. The molecule has 0 spiro atoms. The molecule has 0 bridgehead atoms. The summed E-state index contributed by atoms with van der Waals surface area (Å²) < 4.78 is 20.9. The largest absolute Gasteiger partial charge is 0.329 e. The molecule has 0 fully saturated rings. The zero-order chi connectivity index (χ0) is 6.62. The van der Waals surface area contributed by atoms with Crippen LogP contribution in [0.25, 0.3) is 0 Å². The second-order valence-corrected chi connectivity index (χ2v) is 3.74. The highest BCUT2D eigenvalue weighted by Gasteiger charge is 2.02. The van der Waals surface area contributed by atoms with Crippen LogP contribution in [-0.4, -0.2) is 26.5 Å². The van der Waals surface area contributed by atoms with Crippen LogP contribution in [0.3, 0.4) is 0 Å². The summed E-state index contributed by atoms with van der Waals surface area (Å²) >= 11 is 0. The molecule has 0 unspecified atom stereocenters. The second-order valence-electron chi connectivity index (χ2n) is 1.44. The minimum atomic E-state index is -2.91. The number of nitrogens with two attached hydrogens (primary N) is 1. The molecule has 8 heavy (non-hydrogen) atoms. The summed E-state index contributed by atoms with van der Waals surface area (Å²) in [7, 11) is -2.91. The average Bonchev–Trinajstić information content (AvgIpc) is 1.67. The van der Waals surface area contributed by atoms with Crippen LogP contribution in [0.4, 0.5) is 0 Å². The molecular formula is C4H10NO2S. The molecule has 0 aromatic rings. The van der Waals surface area contributed by atoms with Gasteiger partial charge in [0.25, 0.3) is 0 Å². The van der Waals surface area contributed by atoms with Gasteiger partial charge in [-0.2, -0.15) is 0 Å². The minimum absolute atomic E-state index is 0.0514. The van der Waals surface area contributed by atoms with Gasteiger partial charge in [-0.3, -0.25) is 0 Å². The summed E-state index contributed by atoms with van der Waals surface area (Å²) in [5.41, 5.74) is 4.98. The number of hydrogen-bond acceptors (Lipinski definition) is 3. The van der Waals surface area contributed by atoms with Crippen LogP contribution in [0.2, 0.25) is 0 Å². The van der Waals surface area contributed by atoms with Crippen molar-refractivity contribution in [1.29, 1.82) is 0 Å². The fourth-order valence-electron chi connectivity index (χ4n) is 0.282. The van der Waals surface area contributed by atoms with Crippen LogP contribution < -0.4 is 5.73 Å². The van der Waals surface area contributed by atoms with Crippen LogP contribution in [0.15, 0.2) is 0 Å². The van der Waals surface area contributed by atoms with E-state index in [1.807, 2.05) is 0 Å². The first kappa shape index (κ1) is 7.91. The molecule has 0 aromatic carbocycles. The maximum absolute atomic E-state index is 10.5. The summed E-state index contributed by atoms with van der Waals surface area (Å²) in [6.45, 7) is 3.42. The van der Waals surface area contributed by atoms with Crippen molar-refractivity contribution in [1.82, 2.24) is 0 Å². The van der Waals surface area contributed by atoms with E-state index in [2.05, 4.69) is 6.92 Å². The molecule has 49 valence electrons. The lowest BCUT2D eigenvalue weighted by Gasteiger charge is -1.93. The van der Waals surface area contributed by atoms with Gasteiger partial charge in [0, 0.05) is 6.54 Å². The summed E-state index contributed by atoms with van der Waals surface area (Å²) in [5.74, 6) is 0.000694. The van der Waals surface area contributed by atoms with Crippen molar-refractivity contribution in [2.45, 2.75) is 0 Å². The quantitative estimate of drug-likeness (QED) is 0.552. The lowest BCUT2D eigenvalue weighted by atomic mass is 10.8. The predicted octanol–water partition coefficient (Wildman–Crippen LogP) is -0.806. The molecule has 3 nitrogen and oxygen atoms in total. The molecule has 0 aliphatic rings. The van der Waals surface area contributed by atoms with Gasteiger partial charge in [-0.25, -0.2) is 8.42 Å². The molecule has 0 saturated carbocycles. The average molecular weight is 136 g/mol. The van der Waals surface area contributed by atoms with E-state index in [1.165, 1.54) is 0 Å². The molecular weight excluding hydrogens is 126 g/mol. The van der Waals surface area contributed by atoms with Crippen molar-refractivity contribution in [2.75, 3.05) is 18.1 Å². The van der Waals surface area contributed by atoms with Crippen LogP contribution >= 0.6 is 0 Å². The van der Waals surface area contributed by atoms with Crippen molar-refractivity contribution in [3.63, 3.8) is 0 Å². The molecule has 0 aliphatic carbocycles. The van der Waals surface area contributed by atoms with E-state index < -0.39 is 9.84 Å². The first-order valence-corrected chi connectivity index (χ1v) is 4.14. The Morgan fingerprint density at radius 3 is 2.12 bits per heavy atom. The van der Waals surface area contributed by atoms with Crippen molar-refractivity contribution in [3.8, 4) is 0 Å². The van der Waals surface area contributed by atoms with Gasteiger partial charge in [-0.15, -0.1) is 0 Å². The SMILES string of the molecule is [CH2]CS(=O)(=O)CCN. The predicted molar refractivity (Wildman–Crippen MR) is 33.1 cm³/mol. The number of hydrogen-bond donors (Lipinski definition) is 1. The normalized spacial score (nSPS) is 11.8. The van der Waals surface area contributed by atoms with E-state index in [0.29, 0.717) is 0 Å². The van der Waals surface area contributed by atoms with E-state index in [1.54, 1.807) is 0 Å². The van der Waals surface area contributed by atoms with Crippen LogP contribution in [0.5, 0.6) is 0 Å². The van der Waals surface area contributed by atoms with Gasteiger partial charge in [0.05, 0.1) is 11.5 Å². The topological polar surface area (TPSA) is 60.2 Å². The summed E-state index contributed by atoms with van der Waals surface area (Å²) in [5, 5.41) is 0. The van der Waals surface area contributed by atoms with E-state index in [-0.39, 0.29) is 18.1 Å². The Hall–Kier alpha value is -0.0900. The van der Waals surface area contributed by atoms with Crippen molar-refractivity contribution in [2.24, 2.45) is 5.73 Å². The Morgan fingerprint density at radius 1 is 1.50 bits per heavy atom. The molecule has 0 aliphatic heterocycles. The molecule has 1 radical (unpaired) electrons. The minimum Gasteiger partial charge on any atom is -0.329 e. The zero-order valence-electron chi connectivity index (χ0n) is 4.63. The van der Waals surface area contributed by atoms with Crippen molar-refractivity contribution < 1.29 is 8.42 Å². The van der Waals surface area contributed by atoms with E-state index in [4.69, 9.17) is 5.73 Å². The number of sulfone groups is 1. The van der Waals surface area contributed by atoms with Crippen LogP contribution in [-0.2, 0) is 9.84 Å². The Labute approximate surface area is 49.8 Å². The van der Waals surface area contributed by atoms with Crippen molar-refractivity contribution in [3.05, 3.63) is 6.92 Å². The fourth-order valence-corrected chi connectivity index (χ4v) is 0.845. The third-order valence-electron chi connectivity index (χ3n) is 0.740. The lowest BCUT2D eigenvalue weighted by Crippen LogP contribution is -2.16. The lowest BCUT2D eigenvalue weighted by molar-refractivity contribution is 0.598. The van der Waals surface area contributed by atoms with Crippen molar-refractivity contribution >= 4 is 9.84 Å². The fraction of sp³-hybridized carbons (Fsp3) is 0.750. The summed E-state index contributed by atoms with van der Waals surface area (Å²) in [6.07, 6.45) is 0. The van der Waals surface area contributed by atoms with Gasteiger partial charge in [0.2, 0.25) is 0 Å². The summed E-state index contributed by atoms with van der Waals surface area (Å²) in [6, 6.07) is 0. The van der Waals surface area contributed by atoms with Gasteiger partial charge in [0.1, 0.15) is 0 Å².